The molecule has 2 rings (SSSR count). The molecular weight excluding hydrogens is 296 g/mol. The van der Waals surface area contributed by atoms with Crippen LogP contribution in [0.1, 0.15) is 10.4 Å². The van der Waals surface area contributed by atoms with E-state index in [0.717, 1.165) is 17.1 Å². The number of para-hydroxylation sites is 1. The fourth-order valence-corrected chi connectivity index (χ4v) is 2.57. The largest absolute Gasteiger partial charge is 0.373 e. The van der Waals surface area contributed by atoms with E-state index >= 15 is 0 Å². The summed E-state index contributed by atoms with van der Waals surface area (Å²) in [6, 6.07) is 16.9. The van der Waals surface area contributed by atoms with Crippen LogP contribution in [0.15, 0.2) is 59.5 Å². The summed E-state index contributed by atoms with van der Waals surface area (Å²) in [6.45, 7) is 1.29. The van der Waals surface area contributed by atoms with Crippen LogP contribution in [0, 0.1) is 0 Å². The topological polar surface area (TPSA) is 49.4 Å². The molecule has 0 aromatic heterocycles. The van der Waals surface area contributed by atoms with E-state index < -0.39 is 10.8 Å². The minimum absolute atomic E-state index is 0.116. The van der Waals surface area contributed by atoms with Gasteiger partial charge < -0.3 is 10.2 Å². The van der Waals surface area contributed by atoms with Gasteiger partial charge in [-0.15, -0.1) is 0 Å². The summed E-state index contributed by atoms with van der Waals surface area (Å²) in [4.78, 5) is 14.8. The molecule has 0 saturated carbocycles. The lowest BCUT2D eigenvalue weighted by molar-refractivity contribution is 0.0954. The van der Waals surface area contributed by atoms with Crippen LogP contribution in [0.3, 0.4) is 0 Å². The second-order valence-electron chi connectivity index (χ2n) is 4.99. The average Bonchev–Trinajstić information content (AvgIpc) is 2.55. The lowest BCUT2D eigenvalue weighted by atomic mass is 10.2. The van der Waals surface area contributed by atoms with Crippen LogP contribution in [0.4, 0.5) is 5.69 Å². The normalized spacial score (nSPS) is 11.7. The highest BCUT2D eigenvalue weighted by Gasteiger charge is 2.06. The van der Waals surface area contributed by atoms with E-state index in [1.165, 1.54) is 0 Å². The van der Waals surface area contributed by atoms with E-state index in [9.17, 15) is 9.00 Å². The molecule has 5 heteroatoms. The molecule has 1 atom stereocenters. The van der Waals surface area contributed by atoms with E-state index in [0.29, 0.717) is 12.1 Å². The first kappa shape index (κ1) is 16.2. The number of carbonyl (C=O) groups excluding carboxylic acids is 1. The Kier molecular flexibility index (Phi) is 5.72. The summed E-state index contributed by atoms with van der Waals surface area (Å²) in [5.41, 5.74) is 1.70. The minimum atomic E-state index is -1.02. The summed E-state index contributed by atoms with van der Waals surface area (Å²) in [7, 11) is 0.971. The zero-order valence-corrected chi connectivity index (χ0v) is 13.6. The van der Waals surface area contributed by atoms with Gasteiger partial charge >= 0.3 is 0 Å². The molecule has 4 nitrogen and oxygen atoms in total. The number of hydrogen-bond acceptors (Lipinski definition) is 3. The Labute approximate surface area is 133 Å². The molecule has 22 heavy (non-hydrogen) atoms. The summed E-state index contributed by atoms with van der Waals surface area (Å²) < 4.78 is 11.3. The number of amides is 1. The van der Waals surface area contributed by atoms with Crippen LogP contribution in [0.2, 0.25) is 0 Å². The maximum absolute atomic E-state index is 12.0. The smallest absolute Gasteiger partial charge is 0.251 e. The number of carbonyl (C=O) groups is 1. The van der Waals surface area contributed by atoms with Gasteiger partial charge in [-0.1, -0.05) is 18.2 Å². The van der Waals surface area contributed by atoms with E-state index in [2.05, 4.69) is 10.2 Å². The van der Waals surface area contributed by atoms with Crippen molar-refractivity contribution in [1.29, 1.82) is 0 Å². The molecule has 1 N–H and O–H groups in total. The van der Waals surface area contributed by atoms with Crippen molar-refractivity contribution < 1.29 is 9.00 Å². The molecule has 0 radical (unpaired) electrons. The SMILES string of the molecule is CN(CCNC(=O)c1ccc(S(C)=O)cc1)c1ccccc1. The molecule has 1 amide bonds. The lowest BCUT2D eigenvalue weighted by Crippen LogP contribution is -2.32. The Morgan fingerprint density at radius 2 is 1.73 bits per heavy atom. The van der Waals surface area contributed by atoms with Crippen LogP contribution in [0.5, 0.6) is 0 Å². The molecule has 0 aliphatic rings. The highest BCUT2D eigenvalue weighted by molar-refractivity contribution is 7.84. The third-order valence-corrected chi connectivity index (χ3v) is 4.31. The zero-order chi connectivity index (χ0) is 15.9. The second kappa shape index (κ2) is 7.75. The van der Waals surface area contributed by atoms with E-state index in [4.69, 9.17) is 0 Å². The van der Waals surface area contributed by atoms with Crippen LogP contribution in [0.25, 0.3) is 0 Å². The predicted molar refractivity (Wildman–Crippen MR) is 90.8 cm³/mol. The van der Waals surface area contributed by atoms with Crippen molar-refractivity contribution in [3.05, 3.63) is 60.2 Å². The minimum Gasteiger partial charge on any atom is -0.373 e. The van der Waals surface area contributed by atoms with E-state index in [1.54, 1.807) is 30.5 Å². The van der Waals surface area contributed by atoms with Crippen molar-refractivity contribution in [3.8, 4) is 0 Å². The summed E-state index contributed by atoms with van der Waals surface area (Å²) >= 11 is 0. The van der Waals surface area contributed by atoms with Gasteiger partial charge in [-0.2, -0.15) is 0 Å². The number of nitrogens with zero attached hydrogens (tertiary/aromatic N) is 1. The van der Waals surface area contributed by atoms with Gasteiger partial charge in [0.2, 0.25) is 0 Å². The standard InChI is InChI=1S/C17H20N2O2S/c1-19(15-6-4-3-5-7-15)13-12-18-17(20)14-8-10-16(11-9-14)22(2)21/h3-11H,12-13H2,1-2H3,(H,18,20). The van der Waals surface area contributed by atoms with Crippen LogP contribution >= 0.6 is 0 Å². The quantitative estimate of drug-likeness (QED) is 0.889. The Balaban J connectivity index is 1.84. The Morgan fingerprint density at radius 3 is 2.32 bits per heavy atom. The predicted octanol–water partition coefficient (Wildman–Crippen LogP) is 2.29. The van der Waals surface area contributed by atoms with Gasteiger partial charge in [0, 0.05) is 53.3 Å². The van der Waals surface area contributed by atoms with Gasteiger partial charge in [-0.25, -0.2) is 0 Å². The molecule has 0 aliphatic carbocycles. The summed E-state index contributed by atoms with van der Waals surface area (Å²) in [6.07, 6.45) is 1.62. The summed E-state index contributed by atoms with van der Waals surface area (Å²) in [5, 5.41) is 2.89. The molecule has 0 saturated heterocycles. The summed E-state index contributed by atoms with van der Waals surface area (Å²) in [5.74, 6) is -0.116. The number of likely N-dealkylation sites (N-methyl/N-ethyl adjacent to an activating group) is 1. The first-order chi connectivity index (χ1) is 10.6. The van der Waals surface area contributed by atoms with Gasteiger partial charge in [-0.05, 0) is 36.4 Å². The second-order valence-corrected chi connectivity index (χ2v) is 6.37. The molecule has 0 bridgehead atoms. The van der Waals surface area contributed by atoms with Gasteiger partial charge in [0.15, 0.2) is 0 Å². The van der Waals surface area contributed by atoms with Crippen molar-refractivity contribution >= 4 is 22.4 Å². The first-order valence-electron chi connectivity index (χ1n) is 7.06. The van der Waals surface area contributed by atoms with E-state index in [-0.39, 0.29) is 5.91 Å². The van der Waals surface area contributed by atoms with Crippen LogP contribution in [-0.2, 0) is 10.8 Å². The maximum atomic E-state index is 12.0. The monoisotopic (exact) mass is 316 g/mol. The van der Waals surface area contributed by atoms with Crippen molar-refractivity contribution in [2.75, 3.05) is 31.3 Å². The van der Waals surface area contributed by atoms with Crippen molar-refractivity contribution in [2.24, 2.45) is 0 Å². The fourth-order valence-electron chi connectivity index (χ4n) is 2.05. The molecular formula is C17H20N2O2S. The molecule has 116 valence electrons. The Hall–Kier alpha value is -2.14. The number of hydrogen-bond donors (Lipinski definition) is 1. The van der Waals surface area contributed by atoms with Crippen LogP contribution < -0.4 is 10.2 Å². The molecule has 0 heterocycles. The van der Waals surface area contributed by atoms with Crippen LogP contribution in [-0.4, -0.2) is 36.5 Å². The van der Waals surface area contributed by atoms with Crippen molar-refractivity contribution in [2.45, 2.75) is 4.90 Å². The highest BCUT2D eigenvalue weighted by atomic mass is 32.2. The molecule has 0 spiro atoms. The van der Waals surface area contributed by atoms with Gasteiger partial charge in [0.25, 0.3) is 5.91 Å². The number of anilines is 1. The van der Waals surface area contributed by atoms with Gasteiger partial charge in [0.05, 0.1) is 0 Å². The average molecular weight is 316 g/mol. The molecule has 0 aliphatic heterocycles. The Morgan fingerprint density at radius 1 is 1.09 bits per heavy atom. The number of rotatable bonds is 6. The third kappa shape index (κ3) is 4.43. The van der Waals surface area contributed by atoms with Crippen molar-refractivity contribution in [3.63, 3.8) is 0 Å². The first-order valence-corrected chi connectivity index (χ1v) is 8.61. The molecule has 2 aromatic rings. The maximum Gasteiger partial charge on any atom is 0.251 e. The fraction of sp³-hybridized carbons (Fsp3) is 0.235. The van der Waals surface area contributed by atoms with Gasteiger partial charge in [0.1, 0.15) is 0 Å². The highest BCUT2D eigenvalue weighted by Crippen LogP contribution is 2.10. The van der Waals surface area contributed by atoms with Crippen molar-refractivity contribution in [1.82, 2.24) is 5.32 Å². The number of benzene rings is 2. The molecule has 2 aromatic carbocycles. The zero-order valence-electron chi connectivity index (χ0n) is 12.8. The molecule has 1 unspecified atom stereocenters. The van der Waals surface area contributed by atoms with E-state index in [1.807, 2.05) is 37.4 Å². The third-order valence-electron chi connectivity index (χ3n) is 3.38. The lowest BCUT2D eigenvalue weighted by Gasteiger charge is -2.19. The number of nitrogens with one attached hydrogen (secondary N) is 1. The Bertz CT molecular complexity index is 641. The van der Waals surface area contributed by atoms with Gasteiger partial charge in [-0.3, -0.25) is 9.00 Å². The molecule has 0 fully saturated rings.